The third-order valence-electron chi connectivity index (χ3n) is 4.92. The second-order valence-corrected chi connectivity index (χ2v) is 8.31. The minimum Gasteiger partial charge on any atom is -0.493 e. The van der Waals surface area contributed by atoms with Crippen LogP contribution in [0.25, 0.3) is 0 Å². The van der Waals surface area contributed by atoms with E-state index in [0.29, 0.717) is 34.3 Å². The lowest BCUT2D eigenvalue weighted by Crippen LogP contribution is -2.48. The molecule has 0 bridgehead atoms. The fourth-order valence-electron chi connectivity index (χ4n) is 3.10. The van der Waals surface area contributed by atoms with Crippen molar-refractivity contribution in [1.82, 2.24) is 10.7 Å². The molecule has 8 heteroatoms. The zero-order chi connectivity index (χ0) is 24.2. The molecule has 2 aromatic rings. The first kappa shape index (κ1) is 26.2. The molecule has 0 aromatic heterocycles. The Bertz CT molecular complexity index is 962. The molecule has 0 spiro atoms. The summed E-state index contributed by atoms with van der Waals surface area (Å²) in [7, 11) is 1.58. The van der Waals surface area contributed by atoms with E-state index < -0.39 is 11.9 Å². The zero-order valence-corrected chi connectivity index (χ0v) is 20.3. The predicted molar refractivity (Wildman–Crippen MR) is 131 cm³/mol. The summed E-state index contributed by atoms with van der Waals surface area (Å²) in [6.07, 6.45) is 4.61. The minimum atomic E-state index is -0.774. The molecule has 0 aliphatic carbocycles. The van der Waals surface area contributed by atoms with Crippen molar-refractivity contribution >= 4 is 29.6 Å². The van der Waals surface area contributed by atoms with Crippen molar-refractivity contribution in [2.75, 3.05) is 13.7 Å². The molecule has 0 saturated heterocycles. The first-order valence-corrected chi connectivity index (χ1v) is 11.4. The molecule has 2 amide bonds. The highest BCUT2D eigenvalue weighted by molar-refractivity contribution is 6.31. The number of para-hydroxylation sites is 1. The lowest BCUT2D eigenvalue weighted by molar-refractivity contribution is -0.123. The fraction of sp³-hybridized carbons (Fsp3) is 0.400. The van der Waals surface area contributed by atoms with Crippen LogP contribution in [0.5, 0.6) is 11.5 Å². The van der Waals surface area contributed by atoms with Gasteiger partial charge in [0, 0.05) is 16.1 Å². The van der Waals surface area contributed by atoms with Gasteiger partial charge in [0.05, 0.1) is 19.9 Å². The lowest BCUT2D eigenvalue weighted by atomic mass is 10.0. The number of unbranched alkanes of at least 4 members (excludes halogenated alkanes) is 2. The number of hydrogen-bond donors (Lipinski definition) is 2. The summed E-state index contributed by atoms with van der Waals surface area (Å²) < 4.78 is 11.3. The summed E-state index contributed by atoms with van der Waals surface area (Å²) in [5.74, 6) is 0.202. The van der Waals surface area contributed by atoms with Gasteiger partial charge in [-0.15, -0.1) is 0 Å². The summed E-state index contributed by atoms with van der Waals surface area (Å²) in [5, 5.41) is 7.28. The highest BCUT2D eigenvalue weighted by atomic mass is 35.5. The van der Waals surface area contributed by atoms with Crippen LogP contribution >= 0.6 is 11.6 Å². The summed E-state index contributed by atoms with van der Waals surface area (Å²) in [6, 6.07) is 11.2. The van der Waals surface area contributed by atoms with Gasteiger partial charge in [-0.25, -0.2) is 5.43 Å². The van der Waals surface area contributed by atoms with Gasteiger partial charge < -0.3 is 14.8 Å². The second-order valence-electron chi connectivity index (χ2n) is 7.87. The molecular formula is C25H32ClN3O4. The van der Waals surface area contributed by atoms with E-state index in [1.54, 1.807) is 31.4 Å². The number of carbonyl (C=O) groups excluding carboxylic acids is 2. The van der Waals surface area contributed by atoms with Gasteiger partial charge in [-0.05, 0) is 42.7 Å². The molecule has 33 heavy (non-hydrogen) atoms. The topological polar surface area (TPSA) is 89.0 Å². The molecule has 2 rings (SSSR count). The number of methoxy groups -OCH3 is 1. The highest BCUT2D eigenvalue weighted by Crippen LogP contribution is 2.30. The zero-order valence-electron chi connectivity index (χ0n) is 19.6. The molecular weight excluding hydrogens is 442 g/mol. The average Bonchev–Trinajstić information content (AvgIpc) is 2.80. The average molecular weight is 474 g/mol. The highest BCUT2D eigenvalue weighted by Gasteiger charge is 2.24. The van der Waals surface area contributed by atoms with Crippen molar-refractivity contribution in [3.05, 3.63) is 58.6 Å². The smallest absolute Gasteiger partial charge is 0.262 e. The van der Waals surface area contributed by atoms with E-state index >= 15 is 0 Å². The van der Waals surface area contributed by atoms with Crippen LogP contribution in [-0.2, 0) is 4.79 Å². The molecule has 7 nitrogen and oxygen atoms in total. The van der Waals surface area contributed by atoms with E-state index in [1.165, 1.54) is 6.21 Å². The number of nitrogens with zero attached hydrogens (tertiary/aromatic N) is 1. The van der Waals surface area contributed by atoms with Gasteiger partial charge >= 0.3 is 0 Å². The van der Waals surface area contributed by atoms with E-state index in [-0.39, 0.29) is 11.8 Å². The Balaban J connectivity index is 2.07. The molecule has 2 N–H and O–H groups in total. The Morgan fingerprint density at radius 1 is 1.15 bits per heavy atom. The van der Waals surface area contributed by atoms with E-state index in [9.17, 15) is 9.59 Å². The number of benzene rings is 2. The van der Waals surface area contributed by atoms with Gasteiger partial charge in [-0.2, -0.15) is 5.10 Å². The number of amides is 2. The van der Waals surface area contributed by atoms with Gasteiger partial charge in [0.25, 0.3) is 11.8 Å². The maximum absolute atomic E-state index is 12.7. The van der Waals surface area contributed by atoms with Crippen LogP contribution in [0.3, 0.4) is 0 Å². The Hall–Kier alpha value is -3.06. The van der Waals surface area contributed by atoms with Crippen LogP contribution in [0.4, 0.5) is 0 Å². The minimum absolute atomic E-state index is 0.155. The third-order valence-corrected chi connectivity index (χ3v) is 5.16. The number of hydrazone groups is 1. The molecule has 1 atom stereocenters. The van der Waals surface area contributed by atoms with Crippen LogP contribution in [0.1, 0.15) is 56.0 Å². The number of nitrogens with one attached hydrogen (secondary N) is 2. The normalized spacial score (nSPS) is 11.9. The standard InChI is InChI=1S/C25H32ClN3O4/c1-5-6-7-14-33-23-19(11-9-13-21(23)32-4)16-27-29-25(31)22(17(2)3)28-24(30)18-10-8-12-20(26)15-18/h8-13,15-17,22H,5-7,14H2,1-4H3,(H,28,30)(H,29,31). The second kappa shape index (κ2) is 13.5. The quantitative estimate of drug-likeness (QED) is 0.262. The maximum atomic E-state index is 12.7. The SMILES string of the molecule is CCCCCOc1c(C=NNC(=O)C(NC(=O)c2cccc(Cl)c2)C(C)C)cccc1OC. The number of rotatable bonds is 12. The van der Waals surface area contributed by atoms with Crippen LogP contribution in [0.2, 0.25) is 5.02 Å². The van der Waals surface area contributed by atoms with Crippen molar-refractivity contribution in [3.63, 3.8) is 0 Å². The summed E-state index contributed by atoms with van der Waals surface area (Å²) >= 11 is 5.96. The largest absolute Gasteiger partial charge is 0.493 e. The van der Waals surface area contributed by atoms with Crippen LogP contribution in [-0.4, -0.2) is 37.8 Å². The third kappa shape index (κ3) is 8.09. The van der Waals surface area contributed by atoms with Crippen molar-refractivity contribution in [2.45, 2.75) is 46.1 Å². The van der Waals surface area contributed by atoms with Gasteiger partial charge in [-0.1, -0.05) is 57.3 Å². The monoisotopic (exact) mass is 473 g/mol. The van der Waals surface area contributed by atoms with E-state index in [1.807, 2.05) is 32.0 Å². The Labute approximate surface area is 200 Å². The van der Waals surface area contributed by atoms with Crippen molar-refractivity contribution < 1.29 is 19.1 Å². The molecule has 0 radical (unpaired) electrons. The maximum Gasteiger partial charge on any atom is 0.262 e. The molecule has 0 aliphatic rings. The van der Waals surface area contributed by atoms with E-state index in [4.69, 9.17) is 21.1 Å². The van der Waals surface area contributed by atoms with Crippen molar-refractivity contribution in [3.8, 4) is 11.5 Å². The van der Waals surface area contributed by atoms with Crippen LogP contribution in [0, 0.1) is 5.92 Å². The number of hydrogen-bond acceptors (Lipinski definition) is 5. The van der Waals surface area contributed by atoms with Gasteiger partial charge in [0.2, 0.25) is 0 Å². The van der Waals surface area contributed by atoms with Crippen molar-refractivity contribution in [1.29, 1.82) is 0 Å². The first-order valence-electron chi connectivity index (χ1n) is 11.1. The van der Waals surface area contributed by atoms with Gasteiger partial charge in [0.1, 0.15) is 6.04 Å². The molecule has 0 aliphatic heterocycles. The summed E-state index contributed by atoms with van der Waals surface area (Å²) in [5.41, 5.74) is 3.57. The van der Waals surface area contributed by atoms with Crippen LogP contribution in [0.15, 0.2) is 47.6 Å². The first-order chi connectivity index (χ1) is 15.9. The molecule has 1 unspecified atom stereocenters. The fourth-order valence-corrected chi connectivity index (χ4v) is 3.29. The van der Waals surface area contributed by atoms with E-state index in [2.05, 4.69) is 22.8 Å². The molecule has 0 heterocycles. The summed E-state index contributed by atoms with van der Waals surface area (Å²) in [4.78, 5) is 25.3. The number of halogens is 1. The van der Waals surface area contributed by atoms with Gasteiger partial charge in [-0.3, -0.25) is 9.59 Å². The molecule has 0 fully saturated rings. The molecule has 0 saturated carbocycles. The number of ether oxygens (including phenoxy) is 2. The van der Waals surface area contributed by atoms with Crippen molar-refractivity contribution in [2.24, 2.45) is 11.0 Å². The lowest BCUT2D eigenvalue weighted by Gasteiger charge is -2.20. The summed E-state index contributed by atoms with van der Waals surface area (Å²) in [6.45, 7) is 6.38. The molecule has 2 aromatic carbocycles. The van der Waals surface area contributed by atoms with E-state index in [0.717, 1.165) is 19.3 Å². The Morgan fingerprint density at radius 2 is 1.91 bits per heavy atom. The predicted octanol–water partition coefficient (Wildman–Crippen LogP) is 4.82. The van der Waals surface area contributed by atoms with Gasteiger partial charge in [0.15, 0.2) is 11.5 Å². The molecule has 178 valence electrons. The Kier molecular flexibility index (Phi) is 10.7. The van der Waals surface area contributed by atoms with Crippen LogP contribution < -0.4 is 20.2 Å². The number of carbonyl (C=O) groups is 2. The Morgan fingerprint density at radius 3 is 2.58 bits per heavy atom.